The molecular formula is C18H18ClF3N2O4. The SMILES string of the molecule is COC(=O)C1=C(C)NC(C)=C(C(=O)OCCCl)C1c1cccnc1C(F)(F)F. The van der Waals surface area contributed by atoms with Crippen LogP contribution in [0.5, 0.6) is 0 Å². The average molecular weight is 419 g/mol. The van der Waals surface area contributed by atoms with Gasteiger partial charge >= 0.3 is 18.1 Å². The Morgan fingerprint density at radius 2 is 1.82 bits per heavy atom. The molecule has 6 nitrogen and oxygen atoms in total. The largest absolute Gasteiger partial charge is 0.466 e. The summed E-state index contributed by atoms with van der Waals surface area (Å²) in [6, 6.07) is 2.47. The summed E-state index contributed by atoms with van der Waals surface area (Å²) >= 11 is 5.53. The van der Waals surface area contributed by atoms with E-state index in [0.29, 0.717) is 0 Å². The molecule has 0 aliphatic carbocycles. The van der Waals surface area contributed by atoms with Gasteiger partial charge in [0, 0.05) is 17.6 Å². The van der Waals surface area contributed by atoms with Gasteiger partial charge in [-0.05, 0) is 25.5 Å². The summed E-state index contributed by atoms with van der Waals surface area (Å²) in [4.78, 5) is 28.4. The Hall–Kier alpha value is -2.55. The number of pyridine rings is 1. The molecule has 28 heavy (non-hydrogen) atoms. The first-order valence-corrected chi connectivity index (χ1v) is 8.69. The minimum absolute atomic E-state index is 0.00951. The molecule has 1 unspecified atom stereocenters. The Balaban J connectivity index is 2.75. The zero-order valence-electron chi connectivity index (χ0n) is 15.3. The first-order valence-electron chi connectivity index (χ1n) is 8.15. The highest BCUT2D eigenvalue weighted by atomic mass is 35.5. The first kappa shape index (κ1) is 21.7. The van der Waals surface area contributed by atoms with Crippen LogP contribution in [0.3, 0.4) is 0 Å². The molecule has 1 atom stereocenters. The van der Waals surface area contributed by atoms with E-state index in [0.717, 1.165) is 13.3 Å². The van der Waals surface area contributed by atoms with Gasteiger partial charge in [-0.25, -0.2) is 9.59 Å². The lowest BCUT2D eigenvalue weighted by atomic mass is 9.79. The molecule has 0 fully saturated rings. The predicted octanol–water partition coefficient (Wildman–Crippen LogP) is 3.29. The van der Waals surface area contributed by atoms with Gasteiger partial charge in [-0.3, -0.25) is 4.98 Å². The van der Waals surface area contributed by atoms with E-state index in [1.807, 2.05) is 0 Å². The smallest absolute Gasteiger partial charge is 0.433 e. The van der Waals surface area contributed by atoms with Gasteiger partial charge in [0.05, 0.1) is 30.1 Å². The molecule has 0 saturated heterocycles. The van der Waals surface area contributed by atoms with Gasteiger partial charge < -0.3 is 14.8 Å². The molecule has 1 N–H and O–H groups in total. The molecule has 152 valence electrons. The van der Waals surface area contributed by atoms with E-state index >= 15 is 0 Å². The van der Waals surface area contributed by atoms with Crippen LogP contribution in [0.25, 0.3) is 0 Å². The van der Waals surface area contributed by atoms with Crippen molar-refractivity contribution < 1.29 is 32.2 Å². The van der Waals surface area contributed by atoms with Crippen LogP contribution in [-0.2, 0) is 25.2 Å². The number of hydrogen-bond donors (Lipinski definition) is 1. The average Bonchev–Trinajstić information content (AvgIpc) is 2.64. The number of esters is 2. The number of nitrogens with zero attached hydrogens (tertiary/aromatic N) is 1. The maximum atomic E-state index is 13.6. The second-order valence-electron chi connectivity index (χ2n) is 5.89. The molecule has 2 rings (SSSR count). The van der Waals surface area contributed by atoms with Gasteiger partial charge in [-0.1, -0.05) is 6.07 Å². The number of hydrogen-bond acceptors (Lipinski definition) is 6. The van der Waals surface area contributed by atoms with Crippen LogP contribution in [0.4, 0.5) is 13.2 Å². The highest BCUT2D eigenvalue weighted by Crippen LogP contribution is 2.43. The van der Waals surface area contributed by atoms with E-state index in [-0.39, 0.29) is 40.6 Å². The van der Waals surface area contributed by atoms with Crippen molar-refractivity contribution in [2.45, 2.75) is 25.9 Å². The van der Waals surface area contributed by atoms with E-state index in [2.05, 4.69) is 10.3 Å². The summed E-state index contributed by atoms with van der Waals surface area (Å²) in [7, 11) is 1.10. The number of ether oxygens (including phenoxy) is 2. The third-order valence-corrected chi connectivity index (χ3v) is 4.27. The number of carbonyl (C=O) groups excluding carboxylic acids is 2. The molecule has 10 heteroatoms. The molecule has 1 aliphatic heterocycles. The molecule has 0 spiro atoms. The highest BCUT2D eigenvalue weighted by molar-refractivity contribution is 6.18. The van der Waals surface area contributed by atoms with E-state index in [4.69, 9.17) is 21.1 Å². The fourth-order valence-corrected chi connectivity index (χ4v) is 3.13. The van der Waals surface area contributed by atoms with E-state index < -0.39 is 29.7 Å². The summed E-state index contributed by atoms with van der Waals surface area (Å²) in [5, 5.41) is 2.83. The van der Waals surface area contributed by atoms with Gasteiger partial charge in [0.25, 0.3) is 0 Å². The van der Waals surface area contributed by atoms with E-state index in [1.165, 1.54) is 26.0 Å². The van der Waals surface area contributed by atoms with Crippen molar-refractivity contribution in [3.8, 4) is 0 Å². The normalized spacial score (nSPS) is 17.3. The van der Waals surface area contributed by atoms with Crippen LogP contribution in [-0.4, -0.2) is 36.5 Å². The fraction of sp³-hybridized carbons (Fsp3) is 0.389. The van der Waals surface area contributed by atoms with Gasteiger partial charge in [0.2, 0.25) is 0 Å². The molecule has 1 aliphatic rings. The zero-order valence-corrected chi connectivity index (χ0v) is 16.1. The summed E-state index contributed by atoms with van der Waals surface area (Å²) in [6.45, 7) is 2.87. The molecule has 1 aromatic rings. The molecule has 0 aromatic carbocycles. The molecule has 0 saturated carbocycles. The lowest BCUT2D eigenvalue weighted by molar-refractivity contribution is -0.143. The van der Waals surface area contributed by atoms with Crippen LogP contribution in [0.2, 0.25) is 0 Å². The first-order chi connectivity index (χ1) is 13.1. The summed E-state index contributed by atoms with van der Waals surface area (Å²) < 4.78 is 50.5. The number of alkyl halides is 4. The lowest BCUT2D eigenvalue weighted by Crippen LogP contribution is -2.33. The second-order valence-corrected chi connectivity index (χ2v) is 6.27. The second kappa shape index (κ2) is 8.64. The van der Waals surface area contributed by atoms with Crippen LogP contribution in [0.1, 0.15) is 31.0 Å². The molecular weight excluding hydrogens is 401 g/mol. The van der Waals surface area contributed by atoms with Crippen molar-refractivity contribution >= 4 is 23.5 Å². The molecule has 0 radical (unpaired) electrons. The Morgan fingerprint density at radius 3 is 2.36 bits per heavy atom. The standard InChI is InChI=1S/C18H18ClF3N2O4/c1-9-12(16(25)27-3)14(11-5-4-7-23-15(11)18(20,21)22)13(10(2)24-9)17(26)28-8-6-19/h4-5,7,14,24H,6,8H2,1-3H3. The summed E-state index contributed by atoms with van der Waals surface area (Å²) in [5.41, 5.74) is -1.31. The number of rotatable bonds is 5. The highest BCUT2D eigenvalue weighted by Gasteiger charge is 2.44. The number of carbonyl (C=O) groups is 2. The molecule has 1 aromatic heterocycles. The van der Waals surface area contributed by atoms with E-state index in [1.54, 1.807) is 0 Å². The Kier molecular flexibility index (Phi) is 6.71. The van der Waals surface area contributed by atoms with Crippen molar-refractivity contribution in [2.75, 3.05) is 19.6 Å². The fourth-order valence-electron chi connectivity index (χ4n) is 3.05. The van der Waals surface area contributed by atoms with Crippen LogP contribution in [0, 0.1) is 0 Å². The van der Waals surface area contributed by atoms with Crippen molar-refractivity contribution in [3.05, 3.63) is 52.1 Å². The Morgan fingerprint density at radius 1 is 1.21 bits per heavy atom. The lowest BCUT2D eigenvalue weighted by Gasteiger charge is -2.31. The maximum Gasteiger partial charge on any atom is 0.433 e. The number of halogens is 4. The monoisotopic (exact) mass is 418 g/mol. The van der Waals surface area contributed by atoms with Crippen LogP contribution < -0.4 is 5.32 Å². The van der Waals surface area contributed by atoms with Crippen LogP contribution in [0.15, 0.2) is 40.9 Å². The minimum Gasteiger partial charge on any atom is -0.466 e. The van der Waals surface area contributed by atoms with Gasteiger partial charge in [-0.15, -0.1) is 11.6 Å². The van der Waals surface area contributed by atoms with Crippen molar-refractivity contribution in [2.24, 2.45) is 0 Å². The van der Waals surface area contributed by atoms with Gasteiger partial charge in [0.15, 0.2) is 0 Å². The van der Waals surface area contributed by atoms with E-state index in [9.17, 15) is 22.8 Å². The van der Waals surface area contributed by atoms with Gasteiger partial charge in [-0.2, -0.15) is 13.2 Å². The Bertz CT molecular complexity index is 849. The predicted molar refractivity (Wildman–Crippen MR) is 94.2 cm³/mol. The Labute approximate surface area is 164 Å². The minimum atomic E-state index is -4.80. The van der Waals surface area contributed by atoms with Crippen LogP contribution >= 0.6 is 11.6 Å². The van der Waals surface area contributed by atoms with Crippen molar-refractivity contribution in [3.63, 3.8) is 0 Å². The number of allylic oxidation sites excluding steroid dienone is 2. The molecule has 0 bridgehead atoms. The third kappa shape index (κ3) is 4.30. The maximum absolute atomic E-state index is 13.6. The molecule has 2 heterocycles. The summed E-state index contributed by atoms with van der Waals surface area (Å²) in [6.07, 6.45) is -3.81. The third-order valence-electron chi connectivity index (χ3n) is 4.11. The number of methoxy groups -OCH3 is 1. The van der Waals surface area contributed by atoms with Gasteiger partial charge in [0.1, 0.15) is 12.3 Å². The van der Waals surface area contributed by atoms with Crippen molar-refractivity contribution in [1.82, 2.24) is 10.3 Å². The number of nitrogens with one attached hydrogen (secondary N) is 1. The topological polar surface area (TPSA) is 77.5 Å². The zero-order chi connectivity index (χ0) is 21.1. The van der Waals surface area contributed by atoms with Crippen molar-refractivity contribution in [1.29, 1.82) is 0 Å². The number of dihydropyridines is 1. The quantitative estimate of drug-likeness (QED) is 0.584. The molecule has 0 amide bonds. The summed E-state index contributed by atoms with van der Waals surface area (Å²) in [5.74, 6) is -3.12. The number of aromatic nitrogens is 1.